The van der Waals surface area contributed by atoms with Crippen LogP contribution < -0.4 is 0 Å². The minimum absolute atomic E-state index is 0.590. The molecule has 0 rings (SSSR count). The van der Waals surface area contributed by atoms with Crippen molar-refractivity contribution in [3.63, 3.8) is 0 Å². The van der Waals surface area contributed by atoms with Crippen molar-refractivity contribution in [2.75, 3.05) is 0 Å². The van der Waals surface area contributed by atoms with Crippen molar-refractivity contribution in [1.29, 1.82) is 0 Å². The molecule has 0 fully saturated rings. The van der Waals surface area contributed by atoms with E-state index in [2.05, 4.69) is 13.8 Å². The highest BCUT2D eigenvalue weighted by Crippen LogP contribution is 2.21. The number of unbranched alkanes of at least 4 members (excludes halogenated alkanes) is 7. The van der Waals surface area contributed by atoms with Crippen LogP contribution in [0.3, 0.4) is 0 Å². The molecule has 0 bridgehead atoms. The van der Waals surface area contributed by atoms with Crippen LogP contribution in [-0.2, 0) is 4.79 Å². The highest BCUT2D eigenvalue weighted by atomic mass is 16.4. The summed E-state index contributed by atoms with van der Waals surface area (Å²) in [6.45, 7) is 6.18. The number of rotatable bonds is 12. The molecule has 0 radical (unpaired) electrons. The number of hydrogen-bond donors (Lipinski definition) is 1. The lowest BCUT2D eigenvalue weighted by atomic mass is 9.96. The number of allylic oxidation sites excluding steroid dienone is 1. The van der Waals surface area contributed by atoms with Crippen LogP contribution in [0.15, 0.2) is 11.1 Å². The molecule has 0 unspecified atom stereocenters. The zero-order chi connectivity index (χ0) is 14.5. The summed E-state index contributed by atoms with van der Waals surface area (Å²) >= 11 is 0. The molecule has 0 aromatic carbocycles. The Hall–Kier alpha value is -0.790. The van der Waals surface area contributed by atoms with Crippen molar-refractivity contribution in [3.05, 3.63) is 11.1 Å². The number of carboxylic acids is 1. The summed E-state index contributed by atoms with van der Waals surface area (Å²) in [5.41, 5.74) is 1.77. The van der Waals surface area contributed by atoms with Crippen molar-refractivity contribution in [3.8, 4) is 0 Å². The van der Waals surface area contributed by atoms with Gasteiger partial charge in [0, 0.05) is 5.57 Å². The Bertz CT molecular complexity index is 266. The third kappa shape index (κ3) is 9.75. The molecule has 0 saturated heterocycles. The van der Waals surface area contributed by atoms with Crippen LogP contribution in [0.5, 0.6) is 0 Å². The summed E-state index contributed by atoms with van der Waals surface area (Å²) < 4.78 is 0. The molecule has 0 aliphatic rings. The van der Waals surface area contributed by atoms with Crippen molar-refractivity contribution < 1.29 is 9.90 Å². The summed E-state index contributed by atoms with van der Waals surface area (Å²) in [5, 5.41) is 9.14. The molecular weight excluding hydrogens is 236 g/mol. The van der Waals surface area contributed by atoms with Gasteiger partial charge in [0.1, 0.15) is 0 Å². The van der Waals surface area contributed by atoms with Crippen molar-refractivity contribution in [2.45, 2.75) is 91.4 Å². The van der Waals surface area contributed by atoms with Crippen LogP contribution in [0.1, 0.15) is 91.4 Å². The summed E-state index contributed by atoms with van der Waals surface area (Å²) in [6, 6.07) is 0. The third-order valence-corrected chi connectivity index (χ3v) is 3.77. The largest absolute Gasteiger partial charge is 0.478 e. The van der Waals surface area contributed by atoms with Gasteiger partial charge in [0.05, 0.1) is 0 Å². The Morgan fingerprint density at radius 3 is 1.63 bits per heavy atom. The summed E-state index contributed by atoms with van der Waals surface area (Å²) in [6.07, 6.45) is 13.0. The van der Waals surface area contributed by atoms with Gasteiger partial charge in [-0.3, -0.25) is 0 Å². The molecular formula is C17H32O2. The Morgan fingerprint density at radius 2 is 1.21 bits per heavy atom. The molecule has 2 heteroatoms. The molecule has 0 amide bonds. The van der Waals surface area contributed by atoms with Crippen LogP contribution in [0.25, 0.3) is 0 Å². The summed E-state index contributed by atoms with van der Waals surface area (Å²) in [7, 11) is 0. The van der Waals surface area contributed by atoms with Gasteiger partial charge >= 0.3 is 5.97 Å². The van der Waals surface area contributed by atoms with E-state index in [-0.39, 0.29) is 0 Å². The van der Waals surface area contributed by atoms with Crippen LogP contribution in [0.2, 0.25) is 0 Å². The fraction of sp³-hybridized carbons (Fsp3) is 0.824. The normalized spacial score (nSPS) is 12.4. The summed E-state index contributed by atoms with van der Waals surface area (Å²) in [5.74, 6) is -0.737. The van der Waals surface area contributed by atoms with E-state index >= 15 is 0 Å². The van der Waals surface area contributed by atoms with Crippen LogP contribution in [0, 0.1) is 0 Å². The maximum absolute atomic E-state index is 11.1. The minimum atomic E-state index is -0.737. The van der Waals surface area contributed by atoms with E-state index in [9.17, 15) is 4.79 Å². The topological polar surface area (TPSA) is 37.3 Å². The van der Waals surface area contributed by atoms with E-state index in [4.69, 9.17) is 5.11 Å². The van der Waals surface area contributed by atoms with E-state index in [1.165, 1.54) is 50.5 Å². The molecule has 0 aromatic heterocycles. The van der Waals surface area contributed by atoms with Gasteiger partial charge in [-0.15, -0.1) is 0 Å². The standard InChI is InChI=1S/C17H32O2/c1-4-6-8-10-12-14-16(15(3)17(18)19)13-11-9-7-5-2/h4-14H2,1-3H3,(H,18,19). The Morgan fingerprint density at radius 1 is 0.789 bits per heavy atom. The average Bonchev–Trinajstić information content (AvgIpc) is 2.40. The van der Waals surface area contributed by atoms with Gasteiger partial charge in [-0.25, -0.2) is 4.79 Å². The SMILES string of the molecule is CCCCCCCC(CCCCCC)=C(C)C(=O)O. The molecule has 112 valence electrons. The van der Waals surface area contributed by atoms with Crippen LogP contribution in [-0.4, -0.2) is 11.1 Å². The lowest BCUT2D eigenvalue weighted by molar-refractivity contribution is -0.132. The molecule has 19 heavy (non-hydrogen) atoms. The van der Waals surface area contributed by atoms with E-state index in [0.29, 0.717) is 5.57 Å². The molecule has 0 aromatic rings. The van der Waals surface area contributed by atoms with Crippen molar-refractivity contribution in [2.24, 2.45) is 0 Å². The van der Waals surface area contributed by atoms with Gasteiger partial charge in [-0.1, -0.05) is 64.4 Å². The van der Waals surface area contributed by atoms with Crippen LogP contribution >= 0.6 is 0 Å². The Balaban J connectivity index is 4.13. The van der Waals surface area contributed by atoms with Gasteiger partial charge in [-0.05, 0) is 32.6 Å². The second-order valence-electron chi connectivity index (χ2n) is 5.51. The first-order valence-corrected chi connectivity index (χ1v) is 8.05. The second-order valence-corrected chi connectivity index (χ2v) is 5.51. The van der Waals surface area contributed by atoms with E-state index in [1.54, 1.807) is 6.92 Å². The molecule has 0 aliphatic carbocycles. The van der Waals surface area contributed by atoms with Crippen molar-refractivity contribution >= 4 is 5.97 Å². The predicted molar refractivity (Wildman–Crippen MR) is 82.5 cm³/mol. The van der Waals surface area contributed by atoms with Gasteiger partial charge in [0.25, 0.3) is 0 Å². The first-order chi connectivity index (χ1) is 9.13. The van der Waals surface area contributed by atoms with E-state index < -0.39 is 5.97 Å². The Kier molecular flexibility index (Phi) is 11.7. The quantitative estimate of drug-likeness (QED) is 0.363. The number of carboxylic acid groups (broad SMARTS) is 1. The first kappa shape index (κ1) is 18.2. The van der Waals surface area contributed by atoms with E-state index in [1.807, 2.05) is 0 Å². The molecule has 0 spiro atoms. The smallest absolute Gasteiger partial charge is 0.331 e. The second kappa shape index (κ2) is 12.3. The highest BCUT2D eigenvalue weighted by Gasteiger charge is 2.09. The fourth-order valence-corrected chi connectivity index (χ4v) is 2.36. The van der Waals surface area contributed by atoms with Crippen LogP contribution in [0.4, 0.5) is 0 Å². The predicted octanol–water partition coefficient (Wildman–Crippen LogP) is 5.72. The van der Waals surface area contributed by atoms with E-state index in [0.717, 1.165) is 25.7 Å². The van der Waals surface area contributed by atoms with Gasteiger partial charge in [0.2, 0.25) is 0 Å². The maximum atomic E-state index is 11.1. The fourth-order valence-electron chi connectivity index (χ4n) is 2.36. The van der Waals surface area contributed by atoms with Crippen molar-refractivity contribution in [1.82, 2.24) is 0 Å². The minimum Gasteiger partial charge on any atom is -0.478 e. The van der Waals surface area contributed by atoms with Gasteiger partial charge in [0.15, 0.2) is 0 Å². The molecule has 0 heterocycles. The lowest BCUT2D eigenvalue weighted by Crippen LogP contribution is -2.02. The zero-order valence-corrected chi connectivity index (χ0v) is 13.1. The molecule has 2 nitrogen and oxygen atoms in total. The third-order valence-electron chi connectivity index (χ3n) is 3.77. The molecule has 0 atom stereocenters. The summed E-state index contributed by atoms with van der Waals surface area (Å²) in [4.78, 5) is 11.1. The van der Waals surface area contributed by atoms with Gasteiger partial charge in [-0.2, -0.15) is 0 Å². The lowest BCUT2D eigenvalue weighted by Gasteiger charge is -2.10. The monoisotopic (exact) mass is 268 g/mol. The number of hydrogen-bond acceptors (Lipinski definition) is 1. The number of carbonyl (C=O) groups is 1. The molecule has 0 saturated carbocycles. The maximum Gasteiger partial charge on any atom is 0.331 e. The molecule has 0 aliphatic heterocycles. The highest BCUT2D eigenvalue weighted by molar-refractivity contribution is 5.86. The first-order valence-electron chi connectivity index (χ1n) is 8.05. The zero-order valence-electron chi connectivity index (χ0n) is 13.1. The van der Waals surface area contributed by atoms with Gasteiger partial charge < -0.3 is 5.11 Å². The average molecular weight is 268 g/mol. The molecule has 1 N–H and O–H groups in total. The number of aliphatic carboxylic acids is 1. The Labute approximate surface area is 119 Å².